The van der Waals surface area contributed by atoms with Gasteiger partial charge in [0.15, 0.2) is 23.0 Å². The standard InChI is InChI=1S/C37H40N2O5/c1-38-15-13-25-20-32(40-3)33-22-29(25)30(38)18-23-9-11-27(12-10-23)43-28-8-6-7-24(17-28)19-31-35-26(14-16-39(31)2)21-34(41-4)36(42-5)37(35)44-33/h6-12,17,20-22,30-31H,13-16,18-19H2,1-5H3/t30-,31+/m0/s1. The second kappa shape index (κ2) is 11.7. The lowest BCUT2D eigenvalue weighted by Gasteiger charge is -2.37. The first-order valence-corrected chi connectivity index (χ1v) is 15.4. The molecule has 0 saturated heterocycles. The molecular formula is C37H40N2O5. The molecule has 7 nitrogen and oxygen atoms in total. The Labute approximate surface area is 259 Å². The normalized spacial score (nSPS) is 19.6. The predicted molar refractivity (Wildman–Crippen MR) is 171 cm³/mol. The first kappa shape index (κ1) is 28.6. The molecule has 6 bridgehead atoms. The van der Waals surface area contributed by atoms with E-state index in [-0.39, 0.29) is 12.1 Å². The number of benzene rings is 4. The molecule has 4 heterocycles. The summed E-state index contributed by atoms with van der Waals surface area (Å²) in [6.45, 7) is 1.90. The van der Waals surface area contributed by atoms with Gasteiger partial charge in [0.2, 0.25) is 5.75 Å². The van der Waals surface area contributed by atoms with Crippen LogP contribution in [-0.4, -0.2) is 58.3 Å². The third-order valence-electron chi connectivity index (χ3n) is 9.53. The smallest absolute Gasteiger partial charge is 0.204 e. The Kier molecular flexibility index (Phi) is 7.60. The average molecular weight is 593 g/mol. The predicted octanol–water partition coefficient (Wildman–Crippen LogP) is 7.15. The van der Waals surface area contributed by atoms with Crippen LogP contribution < -0.4 is 23.7 Å². The van der Waals surface area contributed by atoms with Gasteiger partial charge in [-0.2, -0.15) is 0 Å². The average Bonchev–Trinajstić information content (AvgIpc) is 3.04. The summed E-state index contributed by atoms with van der Waals surface area (Å²) in [6.07, 6.45) is 3.48. The molecule has 4 aromatic rings. The molecule has 0 fully saturated rings. The van der Waals surface area contributed by atoms with Crippen molar-refractivity contribution < 1.29 is 23.7 Å². The maximum Gasteiger partial charge on any atom is 0.204 e. The van der Waals surface area contributed by atoms with E-state index in [9.17, 15) is 0 Å². The van der Waals surface area contributed by atoms with E-state index < -0.39 is 0 Å². The van der Waals surface area contributed by atoms with Gasteiger partial charge in [-0.25, -0.2) is 0 Å². The summed E-state index contributed by atoms with van der Waals surface area (Å²) < 4.78 is 31.2. The van der Waals surface area contributed by atoms with E-state index in [0.717, 1.165) is 61.6 Å². The molecule has 4 aliphatic heterocycles. The summed E-state index contributed by atoms with van der Waals surface area (Å²) in [7, 11) is 9.46. The van der Waals surface area contributed by atoms with Crippen molar-refractivity contribution in [1.29, 1.82) is 0 Å². The number of hydrogen-bond donors (Lipinski definition) is 0. The van der Waals surface area contributed by atoms with Gasteiger partial charge in [0.05, 0.1) is 21.3 Å². The number of hydrogen-bond acceptors (Lipinski definition) is 7. The van der Waals surface area contributed by atoms with Crippen LogP contribution in [0.1, 0.15) is 45.5 Å². The van der Waals surface area contributed by atoms with Crippen molar-refractivity contribution >= 4 is 0 Å². The van der Waals surface area contributed by atoms with Crippen LogP contribution in [0.4, 0.5) is 0 Å². The molecule has 4 aromatic carbocycles. The zero-order chi connectivity index (χ0) is 30.4. The molecule has 0 amide bonds. The minimum absolute atomic E-state index is 0.0458. The summed E-state index contributed by atoms with van der Waals surface area (Å²) in [5.41, 5.74) is 7.31. The maximum absolute atomic E-state index is 7.01. The van der Waals surface area contributed by atoms with Crippen molar-refractivity contribution in [3.8, 4) is 40.2 Å². The minimum Gasteiger partial charge on any atom is -0.493 e. The number of methoxy groups -OCH3 is 3. The molecule has 0 saturated carbocycles. The molecule has 0 N–H and O–H groups in total. The van der Waals surface area contributed by atoms with Gasteiger partial charge in [0.25, 0.3) is 0 Å². The van der Waals surface area contributed by atoms with Crippen LogP contribution in [0.15, 0.2) is 66.7 Å². The fourth-order valence-corrected chi connectivity index (χ4v) is 7.09. The molecule has 0 aromatic heterocycles. The van der Waals surface area contributed by atoms with E-state index in [2.05, 4.69) is 84.6 Å². The van der Waals surface area contributed by atoms with E-state index >= 15 is 0 Å². The molecule has 44 heavy (non-hydrogen) atoms. The van der Waals surface area contributed by atoms with Gasteiger partial charge >= 0.3 is 0 Å². The second-order valence-corrected chi connectivity index (χ2v) is 12.1. The Balaban J connectivity index is 1.46. The summed E-state index contributed by atoms with van der Waals surface area (Å²) in [5, 5.41) is 0. The Bertz CT molecular complexity index is 1680. The van der Waals surface area contributed by atoms with E-state index in [1.165, 1.54) is 27.8 Å². The first-order valence-electron chi connectivity index (χ1n) is 15.4. The van der Waals surface area contributed by atoms with Gasteiger partial charge in [-0.3, -0.25) is 9.80 Å². The second-order valence-electron chi connectivity index (χ2n) is 12.1. The van der Waals surface area contributed by atoms with E-state index in [1.807, 2.05) is 6.07 Å². The Morgan fingerprint density at radius 1 is 0.659 bits per heavy atom. The van der Waals surface area contributed by atoms with E-state index in [0.29, 0.717) is 23.0 Å². The molecule has 7 heteroatoms. The lowest BCUT2D eigenvalue weighted by molar-refractivity contribution is 0.220. The van der Waals surface area contributed by atoms with Crippen molar-refractivity contribution in [3.63, 3.8) is 0 Å². The van der Waals surface area contributed by atoms with Gasteiger partial charge in [-0.1, -0.05) is 24.3 Å². The molecule has 0 unspecified atom stereocenters. The van der Waals surface area contributed by atoms with E-state index in [1.54, 1.807) is 21.3 Å². The Hall–Kier alpha value is -4.20. The number of rotatable bonds is 3. The molecule has 4 aliphatic rings. The zero-order valence-electron chi connectivity index (χ0n) is 26.2. The summed E-state index contributed by atoms with van der Waals surface area (Å²) in [6, 6.07) is 23.6. The molecular weight excluding hydrogens is 552 g/mol. The van der Waals surface area contributed by atoms with Crippen molar-refractivity contribution in [1.82, 2.24) is 9.80 Å². The molecule has 0 radical (unpaired) electrons. The summed E-state index contributed by atoms with van der Waals surface area (Å²) in [5.74, 6) is 5.00. The lowest BCUT2D eigenvalue weighted by atomic mass is 9.87. The number of fused-ring (bicyclic) bond motifs is 2. The Morgan fingerprint density at radius 3 is 2.11 bits per heavy atom. The summed E-state index contributed by atoms with van der Waals surface area (Å²) in [4.78, 5) is 4.84. The topological polar surface area (TPSA) is 52.6 Å². The van der Waals surface area contributed by atoms with Crippen molar-refractivity contribution in [2.75, 3.05) is 48.5 Å². The molecule has 2 atom stereocenters. The molecule has 0 aliphatic carbocycles. The van der Waals surface area contributed by atoms with E-state index in [4.69, 9.17) is 23.7 Å². The van der Waals surface area contributed by atoms with Gasteiger partial charge in [0, 0.05) is 30.7 Å². The van der Waals surface area contributed by atoms with Crippen LogP contribution in [0.25, 0.3) is 0 Å². The highest BCUT2D eigenvalue weighted by atomic mass is 16.5. The van der Waals surface area contributed by atoms with Gasteiger partial charge in [-0.15, -0.1) is 0 Å². The fourth-order valence-electron chi connectivity index (χ4n) is 7.09. The SMILES string of the molecule is COc1cc2c3cc1Oc1c(OC)c(OC)cc4c1[C@@H](Cc1cccc(c1)Oc1ccc(cc1)C[C@@H]3N(C)CC2)N(C)CC4. The molecule has 228 valence electrons. The zero-order valence-corrected chi connectivity index (χ0v) is 26.2. The van der Waals surface area contributed by atoms with Gasteiger partial charge in [0.1, 0.15) is 11.5 Å². The van der Waals surface area contributed by atoms with Crippen LogP contribution in [-0.2, 0) is 25.7 Å². The third-order valence-corrected chi connectivity index (χ3v) is 9.53. The fraction of sp³-hybridized carbons (Fsp3) is 0.351. The number of ether oxygens (including phenoxy) is 5. The highest BCUT2D eigenvalue weighted by Gasteiger charge is 2.34. The third kappa shape index (κ3) is 5.14. The Morgan fingerprint density at radius 2 is 1.36 bits per heavy atom. The van der Waals surface area contributed by atoms with Crippen molar-refractivity contribution in [2.24, 2.45) is 0 Å². The molecule has 8 rings (SSSR count). The minimum atomic E-state index is 0.0458. The molecule has 0 spiro atoms. The highest BCUT2D eigenvalue weighted by Crippen LogP contribution is 2.51. The monoisotopic (exact) mass is 592 g/mol. The van der Waals surface area contributed by atoms with Crippen LogP contribution in [0.5, 0.6) is 40.2 Å². The van der Waals surface area contributed by atoms with Crippen LogP contribution in [0, 0.1) is 0 Å². The number of nitrogens with zero attached hydrogens (tertiary/aromatic N) is 2. The van der Waals surface area contributed by atoms with Crippen molar-refractivity contribution in [3.05, 3.63) is 100 Å². The van der Waals surface area contributed by atoms with Crippen LogP contribution in [0.3, 0.4) is 0 Å². The summed E-state index contributed by atoms with van der Waals surface area (Å²) >= 11 is 0. The maximum atomic E-state index is 7.01. The van der Waals surface area contributed by atoms with Gasteiger partial charge in [-0.05, 0) is 110 Å². The largest absolute Gasteiger partial charge is 0.493 e. The lowest BCUT2D eigenvalue weighted by Crippen LogP contribution is -2.34. The van der Waals surface area contributed by atoms with Crippen LogP contribution in [0.2, 0.25) is 0 Å². The van der Waals surface area contributed by atoms with Crippen LogP contribution >= 0.6 is 0 Å². The quantitative estimate of drug-likeness (QED) is 0.250. The van der Waals surface area contributed by atoms with Gasteiger partial charge < -0.3 is 23.7 Å². The number of likely N-dealkylation sites (N-methyl/N-ethyl adjacent to an activating group) is 2. The highest BCUT2D eigenvalue weighted by molar-refractivity contribution is 5.63. The first-order chi connectivity index (χ1) is 21.4. The van der Waals surface area contributed by atoms with Crippen molar-refractivity contribution in [2.45, 2.75) is 37.8 Å².